The molecule has 0 aliphatic heterocycles. The first-order valence-corrected chi connectivity index (χ1v) is 7.32. The Morgan fingerprint density at radius 3 is 2.83 bits per heavy atom. The summed E-state index contributed by atoms with van der Waals surface area (Å²) in [6.07, 6.45) is 2.55. The maximum atomic E-state index is 11.9. The Morgan fingerprint density at radius 2 is 2.17 bits per heavy atom. The van der Waals surface area contributed by atoms with E-state index in [1.165, 1.54) is 0 Å². The number of nitrogens with one attached hydrogen (secondary N) is 1. The second kappa shape index (κ2) is 7.68. The molecule has 3 N–H and O–H groups in total. The number of unbranched alkanes of at least 4 members (excludes halogenated alkanes) is 1. The van der Waals surface area contributed by atoms with Gasteiger partial charge in [-0.15, -0.1) is 0 Å². The van der Waals surface area contributed by atoms with Gasteiger partial charge in [0.15, 0.2) is 0 Å². The monoisotopic (exact) mass is 376 g/mol. The number of nitrogens with two attached hydrogens (primary N) is 1. The van der Waals surface area contributed by atoms with Crippen molar-refractivity contribution in [3.63, 3.8) is 0 Å². The summed E-state index contributed by atoms with van der Waals surface area (Å²) in [5.41, 5.74) is 7.27. The molecular formula is C13H17IN2OS. The summed E-state index contributed by atoms with van der Waals surface area (Å²) in [5.74, 6) is -0.0153. The van der Waals surface area contributed by atoms with E-state index in [4.69, 9.17) is 18.0 Å². The van der Waals surface area contributed by atoms with E-state index in [1.54, 1.807) is 0 Å². The van der Waals surface area contributed by atoms with E-state index in [2.05, 4.69) is 27.9 Å². The zero-order valence-corrected chi connectivity index (χ0v) is 13.3. The van der Waals surface area contributed by atoms with E-state index in [0.717, 1.165) is 34.0 Å². The molecule has 0 radical (unpaired) electrons. The second-order valence-corrected chi connectivity index (χ2v) is 5.72. The van der Waals surface area contributed by atoms with E-state index < -0.39 is 0 Å². The van der Waals surface area contributed by atoms with Crippen LogP contribution in [0.15, 0.2) is 18.2 Å². The third-order valence-electron chi connectivity index (χ3n) is 2.57. The summed E-state index contributed by atoms with van der Waals surface area (Å²) in [7, 11) is 0. The maximum Gasteiger partial charge on any atom is 0.252 e. The van der Waals surface area contributed by atoms with E-state index in [0.29, 0.717) is 11.5 Å². The minimum absolute atomic E-state index is 0.0153. The highest BCUT2D eigenvalue weighted by atomic mass is 127. The van der Waals surface area contributed by atoms with Crippen molar-refractivity contribution in [1.29, 1.82) is 0 Å². The molecule has 0 saturated carbocycles. The number of aryl methyl sites for hydroxylation is 1. The van der Waals surface area contributed by atoms with E-state index in [1.807, 2.05) is 25.1 Å². The van der Waals surface area contributed by atoms with Crippen LogP contribution in [0.25, 0.3) is 0 Å². The number of thiocarbonyl (C=S) groups is 1. The molecule has 1 rings (SSSR count). The third-order valence-corrected chi connectivity index (χ3v) is 4.21. The van der Waals surface area contributed by atoms with Gasteiger partial charge in [0.1, 0.15) is 0 Å². The Kier molecular flexibility index (Phi) is 6.56. The topological polar surface area (TPSA) is 55.1 Å². The molecule has 3 nitrogen and oxygen atoms in total. The molecule has 1 aromatic rings. The van der Waals surface area contributed by atoms with Crippen molar-refractivity contribution in [1.82, 2.24) is 5.32 Å². The molecule has 0 spiro atoms. The number of hydrogen-bond donors (Lipinski definition) is 2. The van der Waals surface area contributed by atoms with Crippen LogP contribution in [0.4, 0.5) is 0 Å². The molecule has 0 aliphatic carbocycles. The lowest BCUT2D eigenvalue weighted by molar-refractivity contribution is 0.0952. The summed E-state index contributed by atoms with van der Waals surface area (Å²) in [6, 6.07) is 5.75. The van der Waals surface area contributed by atoms with Crippen LogP contribution in [0.3, 0.4) is 0 Å². The molecule has 18 heavy (non-hydrogen) atoms. The summed E-state index contributed by atoms with van der Waals surface area (Å²) < 4.78 is 1.01. The van der Waals surface area contributed by atoms with E-state index >= 15 is 0 Å². The normalized spacial score (nSPS) is 10.1. The van der Waals surface area contributed by atoms with Crippen molar-refractivity contribution in [3.05, 3.63) is 32.9 Å². The van der Waals surface area contributed by atoms with Gasteiger partial charge in [-0.2, -0.15) is 0 Å². The Labute approximate surface area is 127 Å². The molecule has 0 heterocycles. The van der Waals surface area contributed by atoms with Gasteiger partial charge in [-0.1, -0.05) is 24.4 Å². The lowest BCUT2D eigenvalue weighted by Gasteiger charge is -2.08. The lowest BCUT2D eigenvalue weighted by Crippen LogP contribution is -2.25. The third kappa shape index (κ3) is 4.89. The summed E-state index contributed by atoms with van der Waals surface area (Å²) in [6.45, 7) is 2.66. The molecule has 0 aromatic heterocycles. The number of amides is 1. The minimum atomic E-state index is -0.0153. The smallest absolute Gasteiger partial charge is 0.252 e. The maximum absolute atomic E-state index is 11.9. The van der Waals surface area contributed by atoms with Crippen LogP contribution in [0.1, 0.15) is 35.2 Å². The van der Waals surface area contributed by atoms with Crippen molar-refractivity contribution in [2.75, 3.05) is 6.54 Å². The Bertz CT molecular complexity index is 449. The van der Waals surface area contributed by atoms with Crippen molar-refractivity contribution in [3.8, 4) is 0 Å². The number of hydrogen-bond acceptors (Lipinski definition) is 2. The highest BCUT2D eigenvalue weighted by Gasteiger charge is 2.10. The summed E-state index contributed by atoms with van der Waals surface area (Å²) in [4.78, 5) is 12.5. The average Bonchev–Trinajstić information content (AvgIpc) is 2.31. The molecule has 5 heteroatoms. The van der Waals surface area contributed by atoms with Crippen LogP contribution in [0.2, 0.25) is 0 Å². The summed E-state index contributed by atoms with van der Waals surface area (Å²) >= 11 is 7.00. The van der Waals surface area contributed by atoms with Gasteiger partial charge in [-0.3, -0.25) is 4.79 Å². The first kappa shape index (κ1) is 15.4. The van der Waals surface area contributed by atoms with Gasteiger partial charge in [0.25, 0.3) is 5.91 Å². The van der Waals surface area contributed by atoms with Gasteiger partial charge in [-0.25, -0.2) is 0 Å². The van der Waals surface area contributed by atoms with Gasteiger partial charge in [0.05, 0.1) is 10.6 Å². The predicted octanol–water partition coefficient (Wildman–Crippen LogP) is 2.79. The molecule has 1 aromatic carbocycles. The van der Waals surface area contributed by atoms with Crippen LogP contribution >= 0.6 is 34.8 Å². The minimum Gasteiger partial charge on any atom is -0.393 e. The molecule has 0 atom stereocenters. The van der Waals surface area contributed by atoms with Crippen molar-refractivity contribution < 1.29 is 4.79 Å². The standard InChI is InChI=1S/C13H17IN2OS/c1-9-5-4-6-10(12(9)14)13(17)16-8-3-2-7-11(15)18/h4-6H,2-3,7-8H2,1H3,(H2,15,18)(H,16,17). The molecule has 0 aliphatic rings. The molecule has 0 saturated heterocycles. The fraction of sp³-hybridized carbons (Fsp3) is 0.385. The van der Waals surface area contributed by atoms with Crippen LogP contribution in [-0.2, 0) is 0 Å². The highest BCUT2D eigenvalue weighted by molar-refractivity contribution is 14.1. The fourth-order valence-corrected chi connectivity index (χ4v) is 2.29. The van der Waals surface area contributed by atoms with Crippen molar-refractivity contribution >= 4 is 45.7 Å². The number of rotatable bonds is 6. The SMILES string of the molecule is Cc1cccc(C(=O)NCCCCC(N)=S)c1I. The van der Waals surface area contributed by atoms with Crippen LogP contribution < -0.4 is 11.1 Å². The van der Waals surface area contributed by atoms with E-state index in [-0.39, 0.29) is 5.91 Å². The van der Waals surface area contributed by atoms with Crippen LogP contribution in [-0.4, -0.2) is 17.4 Å². The Balaban J connectivity index is 2.41. The largest absolute Gasteiger partial charge is 0.393 e. The molecule has 0 unspecified atom stereocenters. The Hall–Kier alpha value is -0.690. The lowest BCUT2D eigenvalue weighted by atomic mass is 10.1. The van der Waals surface area contributed by atoms with Crippen LogP contribution in [0.5, 0.6) is 0 Å². The number of benzene rings is 1. The Morgan fingerprint density at radius 1 is 1.44 bits per heavy atom. The van der Waals surface area contributed by atoms with Gasteiger partial charge in [0, 0.05) is 10.1 Å². The number of carbonyl (C=O) groups is 1. The van der Waals surface area contributed by atoms with Crippen LogP contribution in [0, 0.1) is 10.5 Å². The quantitative estimate of drug-likeness (QED) is 0.456. The van der Waals surface area contributed by atoms with Gasteiger partial charge < -0.3 is 11.1 Å². The first-order chi connectivity index (χ1) is 8.52. The highest BCUT2D eigenvalue weighted by Crippen LogP contribution is 2.16. The molecular weight excluding hydrogens is 359 g/mol. The van der Waals surface area contributed by atoms with Gasteiger partial charge in [0.2, 0.25) is 0 Å². The molecule has 0 bridgehead atoms. The van der Waals surface area contributed by atoms with Gasteiger partial charge in [-0.05, 0) is 60.4 Å². The average molecular weight is 376 g/mol. The zero-order chi connectivity index (χ0) is 13.5. The molecule has 1 amide bonds. The number of carbonyl (C=O) groups excluding carboxylic acids is 1. The predicted molar refractivity (Wildman–Crippen MR) is 86.9 cm³/mol. The number of halogens is 1. The van der Waals surface area contributed by atoms with Crippen molar-refractivity contribution in [2.45, 2.75) is 26.2 Å². The zero-order valence-electron chi connectivity index (χ0n) is 10.3. The van der Waals surface area contributed by atoms with Crippen molar-refractivity contribution in [2.24, 2.45) is 5.73 Å². The summed E-state index contributed by atoms with van der Waals surface area (Å²) in [5, 5.41) is 2.91. The second-order valence-electron chi connectivity index (χ2n) is 4.12. The van der Waals surface area contributed by atoms with E-state index in [9.17, 15) is 4.79 Å². The fourth-order valence-electron chi connectivity index (χ4n) is 1.54. The van der Waals surface area contributed by atoms with Gasteiger partial charge >= 0.3 is 0 Å². The molecule has 0 fully saturated rings. The molecule has 98 valence electrons. The first-order valence-electron chi connectivity index (χ1n) is 5.84.